The Kier molecular flexibility index (Phi) is 5.77. The number of hydrogen-bond donors (Lipinski definition) is 1. The number of piperidine rings is 2. The molecule has 1 aliphatic carbocycles. The molecule has 8 nitrogen and oxygen atoms in total. The second kappa shape index (κ2) is 8.54. The second-order valence-electron chi connectivity index (χ2n) is 9.81. The van der Waals surface area contributed by atoms with E-state index in [2.05, 4.69) is 26.7 Å². The van der Waals surface area contributed by atoms with E-state index in [9.17, 15) is 9.59 Å². The highest BCUT2D eigenvalue weighted by Gasteiger charge is 2.45. The molecule has 1 aromatic rings. The van der Waals surface area contributed by atoms with Gasteiger partial charge in [0.2, 0.25) is 11.9 Å². The molecule has 1 atom stereocenters. The zero-order valence-electron chi connectivity index (χ0n) is 18.7. The standard InChI is InChI=1S/C23H35N5O3/c1-26-9-3-2-4-17(26)16-19(29)27-10-7-23(8-11-27)6-5-18-20(23)24-22(25-21(18)30)28-12-14-31-15-13-28/h17H,2-16H2,1H3,(H,24,25,30). The summed E-state index contributed by atoms with van der Waals surface area (Å²) in [5, 5.41) is 0. The first-order valence-electron chi connectivity index (χ1n) is 12.0. The van der Waals surface area contributed by atoms with Gasteiger partial charge in [-0.2, -0.15) is 0 Å². The number of fused-ring (bicyclic) bond motifs is 2. The van der Waals surface area contributed by atoms with E-state index >= 15 is 0 Å². The molecule has 1 amide bonds. The number of hydrogen-bond acceptors (Lipinski definition) is 6. The molecular weight excluding hydrogens is 394 g/mol. The number of nitrogens with zero attached hydrogens (tertiary/aromatic N) is 4. The number of rotatable bonds is 3. The second-order valence-corrected chi connectivity index (χ2v) is 9.81. The molecule has 4 heterocycles. The van der Waals surface area contributed by atoms with Crippen LogP contribution in [0.1, 0.15) is 56.2 Å². The van der Waals surface area contributed by atoms with E-state index in [1.165, 1.54) is 12.8 Å². The molecule has 31 heavy (non-hydrogen) atoms. The Hall–Kier alpha value is -1.93. The summed E-state index contributed by atoms with van der Waals surface area (Å²) >= 11 is 0. The molecule has 0 saturated carbocycles. The van der Waals surface area contributed by atoms with Gasteiger partial charge in [0, 0.05) is 49.6 Å². The summed E-state index contributed by atoms with van der Waals surface area (Å²) in [6.45, 7) is 5.49. The Morgan fingerprint density at radius 3 is 2.65 bits per heavy atom. The van der Waals surface area contributed by atoms with Crippen molar-refractivity contribution in [2.75, 3.05) is 57.9 Å². The predicted molar refractivity (Wildman–Crippen MR) is 119 cm³/mol. The van der Waals surface area contributed by atoms with E-state index in [0.717, 1.165) is 76.1 Å². The Bertz CT molecular complexity index is 870. The number of ether oxygens (including phenoxy) is 1. The predicted octanol–water partition coefficient (Wildman–Crippen LogP) is 1.29. The van der Waals surface area contributed by atoms with Gasteiger partial charge in [-0.25, -0.2) is 4.98 Å². The summed E-state index contributed by atoms with van der Waals surface area (Å²) in [5.41, 5.74) is 1.82. The highest BCUT2D eigenvalue weighted by molar-refractivity contribution is 5.77. The molecule has 0 radical (unpaired) electrons. The van der Waals surface area contributed by atoms with Crippen LogP contribution in [0.3, 0.4) is 0 Å². The minimum absolute atomic E-state index is 0.0159. The normalized spacial score (nSPS) is 26.3. The number of anilines is 1. The van der Waals surface area contributed by atoms with Crippen molar-refractivity contribution in [3.8, 4) is 0 Å². The minimum Gasteiger partial charge on any atom is -0.378 e. The van der Waals surface area contributed by atoms with E-state index in [-0.39, 0.29) is 11.0 Å². The van der Waals surface area contributed by atoms with Crippen molar-refractivity contribution in [3.63, 3.8) is 0 Å². The summed E-state index contributed by atoms with van der Waals surface area (Å²) < 4.78 is 5.45. The van der Waals surface area contributed by atoms with Gasteiger partial charge < -0.3 is 19.4 Å². The fourth-order valence-corrected chi connectivity index (χ4v) is 5.97. The van der Waals surface area contributed by atoms with Crippen molar-refractivity contribution >= 4 is 11.9 Å². The maximum Gasteiger partial charge on any atom is 0.255 e. The number of morpholine rings is 1. The molecule has 1 unspecified atom stereocenters. The largest absolute Gasteiger partial charge is 0.378 e. The summed E-state index contributed by atoms with van der Waals surface area (Å²) in [6, 6.07) is 0.389. The van der Waals surface area contributed by atoms with Crippen molar-refractivity contribution in [2.24, 2.45) is 0 Å². The van der Waals surface area contributed by atoms with Crippen LogP contribution in [0.5, 0.6) is 0 Å². The lowest BCUT2D eigenvalue weighted by atomic mass is 9.76. The van der Waals surface area contributed by atoms with Crippen LogP contribution in [0.15, 0.2) is 4.79 Å². The average Bonchev–Trinajstić information content (AvgIpc) is 3.15. The molecule has 1 aromatic heterocycles. The Balaban J connectivity index is 1.28. The van der Waals surface area contributed by atoms with Crippen LogP contribution in [0, 0.1) is 0 Å². The molecule has 1 N–H and O–H groups in total. The first-order valence-corrected chi connectivity index (χ1v) is 12.0. The van der Waals surface area contributed by atoms with Gasteiger partial charge >= 0.3 is 0 Å². The van der Waals surface area contributed by atoms with Gasteiger partial charge in [0.15, 0.2) is 0 Å². The van der Waals surface area contributed by atoms with Crippen LogP contribution < -0.4 is 10.5 Å². The molecule has 1 spiro atoms. The molecule has 5 rings (SSSR count). The Morgan fingerprint density at radius 2 is 1.90 bits per heavy atom. The van der Waals surface area contributed by atoms with Crippen molar-refractivity contribution < 1.29 is 9.53 Å². The molecule has 0 aromatic carbocycles. The molecule has 3 saturated heterocycles. The molecule has 3 fully saturated rings. The van der Waals surface area contributed by atoms with Crippen LogP contribution >= 0.6 is 0 Å². The Morgan fingerprint density at radius 1 is 1.13 bits per heavy atom. The third-order valence-corrected chi connectivity index (χ3v) is 8.07. The van der Waals surface area contributed by atoms with Gasteiger partial charge in [0.25, 0.3) is 5.56 Å². The molecule has 8 heteroatoms. The SMILES string of the molecule is CN1CCCCC1CC(=O)N1CCC2(CCc3c2nc(N2CCOCC2)[nH]c3=O)CC1. The number of H-pyrrole nitrogens is 1. The van der Waals surface area contributed by atoms with Crippen molar-refractivity contribution in [1.82, 2.24) is 19.8 Å². The lowest BCUT2D eigenvalue weighted by Crippen LogP contribution is -2.47. The van der Waals surface area contributed by atoms with E-state index < -0.39 is 0 Å². The highest BCUT2D eigenvalue weighted by atomic mass is 16.5. The third-order valence-electron chi connectivity index (χ3n) is 8.07. The van der Waals surface area contributed by atoms with Gasteiger partial charge in [0.05, 0.1) is 18.9 Å². The van der Waals surface area contributed by atoms with Gasteiger partial charge in [-0.1, -0.05) is 6.42 Å². The zero-order valence-corrected chi connectivity index (χ0v) is 18.7. The van der Waals surface area contributed by atoms with Gasteiger partial charge in [-0.15, -0.1) is 0 Å². The average molecular weight is 430 g/mol. The quantitative estimate of drug-likeness (QED) is 0.780. The summed E-state index contributed by atoms with van der Waals surface area (Å²) in [4.78, 5) is 40.3. The topological polar surface area (TPSA) is 81.8 Å². The van der Waals surface area contributed by atoms with Crippen LogP contribution in [-0.2, 0) is 21.4 Å². The van der Waals surface area contributed by atoms with E-state index in [4.69, 9.17) is 9.72 Å². The van der Waals surface area contributed by atoms with Gasteiger partial charge in [0.1, 0.15) is 0 Å². The molecular formula is C23H35N5O3. The molecule has 170 valence electrons. The van der Waals surface area contributed by atoms with Crippen molar-refractivity contribution in [2.45, 2.75) is 62.8 Å². The number of likely N-dealkylation sites (tertiary alicyclic amines) is 2. The lowest BCUT2D eigenvalue weighted by molar-refractivity contribution is -0.134. The van der Waals surface area contributed by atoms with Crippen LogP contribution in [0.2, 0.25) is 0 Å². The fourth-order valence-electron chi connectivity index (χ4n) is 5.97. The van der Waals surface area contributed by atoms with E-state index in [0.29, 0.717) is 37.5 Å². The van der Waals surface area contributed by atoms with Gasteiger partial charge in [-0.05, 0) is 52.1 Å². The smallest absolute Gasteiger partial charge is 0.255 e. The molecule has 0 bridgehead atoms. The monoisotopic (exact) mass is 429 g/mol. The zero-order chi connectivity index (χ0) is 21.4. The first kappa shape index (κ1) is 20.9. The molecule has 4 aliphatic rings. The summed E-state index contributed by atoms with van der Waals surface area (Å²) in [6.07, 6.45) is 7.82. The number of carbonyl (C=O) groups excluding carboxylic acids is 1. The lowest BCUT2D eigenvalue weighted by Gasteiger charge is -2.41. The van der Waals surface area contributed by atoms with E-state index in [1.54, 1.807) is 0 Å². The third kappa shape index (κ3) is 4.00. The van der Waals surface area contributed by atoms with Crippen LogP contribution in [-0.4, -0.2) is 84.7 Å². The minimum atomic E-state index is -0.0525. The van der Waals surface area contributed by atoms with Crippen LogP contribution in [0.4, 0.5) is 5.95 Å². The Labute approximate surface area is 183 Å². The number of carbonyl (C=O) groups is 1. The maximum atomic E-state index is 13.0. The first-order chi connectivity index (χ1) is 15.1. The van der Waals surface area contributed by atoms with Crippen molar-refractivity contribution in [1.29, 1.82) is 0 Å². The number of amides is 1. The number of nitrogens with one attached hydrogen (secondary N) is 1. The van der Waals surface area contributed by atoms with Gasteiger partial charge in [-0.3, -0.25) is 14.6 Å². The number of aromatic amines is 1. The number of aromatic nitrogens is 2. The van der Waals surface area contributed by atoms with E-state index in [1.807, 2.05) is 0 Å². The molecule has 3 aliphatic heterocycles. The summed E-state index contributed by atoms with van der Waals surface area (Å²) in [5.74, 6) is 0.979. The maximum absolute atomic E-state index is 13.0. The van der Waals surface area contributed by atoms with Crippen LogP contribution in [0.25, 0.3) is 0 Å². The summed E-state index contributed by atoms with van der Waals surface area (Å²) in [7, 11) is 2.15. The fraction of sp³-hybridized carbons (Fsp3) is 0.783. The van der Waals surface area contributed by atoms with Crippen molar-refractivity contribution in [3.05, 3.63) is 21.6 Å². The highest BCUT2D eigenvalue weighted by Crippen LogP contribution is 2.44.